The molecule has 17 nitrogen and oxygen atoms in total. The minimum Gasteiger partial charge on any atom is -0.481 e. The summed E-state index contributed by atoms with van der Waals surface area (Å²) < 4.78 is 0. The number of carboxylic acid groups (broad SMARTS) is 1. The van der Waals surface area contributed by atoms with Crippen LogP contribution >= 0.6 is 0 Å². The first-order valence-electron chi connectivity index (χ1n) is 16.0. The number of carbonyl (C=O) groups is 7. The van der Waals surface area contributed by atoms with Crippen molar-refractivity contribution in [3.05, 3.63) is 35.9 Å². The first-order chi connectivity index (χ1) is 22.9. The Balaban J connectivity index is 2.40. The summed E-state index contributed by atoms with van der Waals surface area (Å²) in [5, 5.41) is 34.7. The molecule has 0 aromatic heterocycles. The molecule has 48 heavy (non-hydrogen) atoms. The van der Waals surface area contributed by atoms with E-state index in [-0.39, 0.29) is 44.1 Å². The van der Waals surface area contributed by atoms with Crippen LogP contribution in [-0.2, 0) is 40.0 Å². The molecule has 1 aromatic rings. The fourth-order valence-electron chi connectivity index (χ4n) is 4.88. The van der Waals surface area contributed by atoms with Crippen molar-refractivity contribution in [1.29, 1.82) is 5.41 Å². The largest absolute Gasteiger partial charge is 0.481 e. The molecule has 0 radical (unpaired) electrons. The number of hydrogen-bond acceptors (Lipinski definition) is 8. The molecule has 1 aliphatic rings. The molecule has 1 fully saturated rings. The van der Waals surface area contributed by atoms with Crippen molar-refractivity contribution in [3.63, 3.8) is 0 Å². The van der Waals surface area contributed by atoms with Crippen LogP contribution in [0, 0.1) is 5.41 Å². The van der Waals surface area contributed by atoms with E-state index in [1.165, 1.54) is 0 Å². The van der Waals surface area contributed by atoms with E-state index < -0.39 is 72.6 Å². The molecule has 2 rings (SSSR count). The summed E-state index contributed by atoms with van der Waals surface area (Å²) in [5.74, 6) is -5.74. The van der Waals surface area contributed by atoms with Gasteiger partial charge in [-0.1, -0.05) is 37.3 Å². The summed E-state index contributed by atoms with van der Waals surface area (Å²) in [6.07, 6.45) is 1.64. The number of amides is 6. The van der Waals surface area contributed by atoms with Gasteiger partial charge in [-0.3, -0.25) is 39.0 Å². The smallest absolute Gasteiger partial charge is 0.305 e. The van der Waals surface area contributed by atoms with Crippen LogP contribution in [-0.4, -0.2) is 96.3 Å². The maximum atomic E-state index is 13.7. The van der Waals surface area contributed by atoms with Gasteiger partial charge in [0.1, 0.15) is 24.2 Å². The first kappa shape index (κ1) is 39.0. The van der Waals surface area contributed by atoms with Gasteiger partial charge in [-0.2, -0.15) is 0 Å². The molecule has 264 valence electrons. The predicted octanol–water partition coefficient (Wildman–Crippen LogP) is -1.88. The van der Waals surface area contributed by atoms with Gasteiger partial charge in [-0.25, -0.2) is 0 Å². The summed E-state index contributed by atoms with van der Waals surface area (Å²) in [4.78, 5) is 89.9. The molecule has 4 atom stereocenters. The molecular formula is C31H47N9O8. The highest BCUT2D eigenvalue weighted by atomic mass is 16.4. The van der Waals surface area contributed by atoms with Crippen molar-refractivity contribution in [3.8, 4) is 0 Å². The average Bonchev–Trinajstić information content (AvgIpc) is 3.03. The highest BCUT2D eigenvalue weighted by molar-refractivity contribution is 5.98. The SMILES string of the molecule is CCCC(=O)NCCCC[C@@H]1NC(=O)[C@@H](Cc2ccccc2)NC(=O)[C@H](CC(=O)O)NC(=O)CNC(=O)[C@H](CCCNC(=N)N)NC1=O. The van der Waals surface area contributed by atoms with Crippen LogP contribution in [0.1, 0.15) is 63.9 Å². The van der Waals surface area contributed by atoms with Crippen LogP contribution in [0.4, 0.5) is 0 Å². The van der Waals surface area contributed by atoms with Gasteiger partial charge in [0.05, 0.1) is 13.0 Å². The van der Waals surface area contributed by atoms with E-state index in [1.807, 2.05) is 6.92 Å². The Hall–Kier alpha value is -5.22. The quantitative estimate of drug-likeness (QED) is 0.0562. The van der Waals surface area contributed by atoms with Gasteiger partial charge in [-0.15, -0.1) is 0 Å². The Morgan fingerprint density at radius 3 is 2.04 bits per heavy atom. The van der Waals surface area contributed by atoms with E-state index in [2.05, 4.69) is 37.2 Å². The second-order valence-corrected chi connectivity index (χ2v) is 11.4. The van der Waals surface area contributed by atoms with E-state index in [0.29, 0.717) is 37.8 Å². The van der Waals surface area contributed by atoms with Gasteiger partial charge >= 0.3 is 5.97 Å². The standard InChI is InChI=1S/C31H47N9O8/c1-2-9-24(41)34-14-7-6-12-21-28(46)38-20(13-8-15-35-31(32)33)27(45)36-18-25(42)37-23(17-26(43)44)30(48)40-22(29(47)39-21)16-19-10-4-3-5-11-19/h3-5,10-11,20-23H,2,6-9,12-18H2,1H3,(H,34,41)(H,36,45)(H,37,42)(H,38,46)(H,39,47)(H,40,48)(H,43,44)(H4,32,33,35)/t20-,21-,22+,23-/m0/s1. The lowest BCUT2D eigenvalue weighted by Gasteiger charge is -2.26. The maximum absolute atomic E-state index is 13.7. The number of unbranched alkanes of at least 4 members (excludes halogenated alkanes) is 1. The van der Waals surface area contributed by atoms with Crippen LogP contribution in [0.5, 0.6) is 0 Å². The van der Waals surface area contributed by atoms with E-state index in [9.17, 15) is 38.7 Å². The Bertz CT molecular complexity index is 1290. The van der Waals surface area contributed by atoms with E-state index >= 15 is 0 Å². The second-order valence-electron chi connectivity index (χ2n) is 11.4. The number of nitrogens with one attached hydrogen (secondary N) is 8. The molecule has 0 saturated carbocycles. The molecule has 17 heteroatoms. The minimum absolute atomic E-state index is 0.0181. The molecule has 0 spiro atoms. The fourth-order valence-corrected chi connectivity index (χ4v) is 4.88. The van der Waals surface area contributed by atoms with Crippen LogP contribution in [0.2, 0.25) is 0 Å². The van der Waals surface area contributed by atoms with Gasteiger partial charge in [0, 0.05) is 25.9 Å². The number of nitrogens with two attached hydrogens (primary N) is 1. The van der Waals surface area contributed by atoms with Gasteiger partial charge in [0.2, 0.25) is 35.4 Å². The van der Waals surface area contributed by atoms with E-state index in [1.54, 1.807) is 30.3 Å². The molecule has 1 heterocycles. The molecule has 1 aromatic carbocycles. The third-order valence-electron chi connectivity index (χ3n) is 7.34. The van der Waals surface area contributed by atoms with Crippen molar-refractivity contribution in [2.24, 2.45) is 5.73 Å². The van der Waals surface area contributed by atoms with Crippen LogP contribution in [0.25, 0.3) is 0 Å². The highest BCUT2D eigenvalue weighted by Gasteiger charge is 2.33. The Morgan fingerprint density at radius 1 is 0.812 bits per heavy atom. The summed E-state index contributed by atoms with van der Waals surface area (Å²) in [7, 11) is 0. The van der Waals surface area contributed by atoms with Crippen molar-refractivity contribution < 1.29 is 38.7 Å². The van der Waals surface area contributed by atoms with E-state index in [0.717, 1.165) is 0 Å². The molecule has 6 amide bonds. The third-order valence-corrected chi connectivity index (χ3v) is 7.34. The molecular weight excluding hydrogens is 626 g/mol. The first-order valence-corrected chi connectivity index (χ1v) is 16.0. The number of carboxylic acids is 1. The van der Waals surface area contributed by atoms with Gasteiger partial charge in [0.15, 0.2) is 5.96 Å². The van der Waals surface area contributed by atoms with Crippen molar-refractivity contribution >= 4 is 47.4 Å². The summed E-state index contributed by atoms with van der Waals surface area (Å²) >= 11 is 0. The normalized spacial score (nSPS) is 20.8. The number of guanidine groups is 1. The Kier molecular flexibility index (Phi) is 16.9. The van der Waals surface area contributed by atoms with Crippen molar-refractivity contribution in [2.45, 2.75) is 88.9 Å². The molecule has 1 saturated heterocycles. The molecule has 1 aliphatic heterocycles. The van der Waals surface area contributed by atoms with Crippen molar-refractivity contribution in [1.82, 2.24) is 37.2 Å². The van der Waals surface area contributed by atoms with Gasteiger partial charge in [0.25, 0.3) is 0 Å². The van der Waals surface area contributed by atoms with Gasteiger partial charge in [-0.05, 0) is 44.1 Å². The van der Waals surface area contributed by atoms with Crippen LogP contribution in [0.3, 0.4) is 0 Å². The monoisotopic (exact) mass is 673 g/mol. The van der Waals surface area contributed by atoms with E-state index in [4.69, 9.17) is 11.1 Å². The number of hydrogen-bond donors (Lipinski definition) is 10. The fraction of sp³-hybridized carbons (Fsp3) is 0.548. The third kappa shape index (κ3) is 14.9. The number of carbonyl (C=O) groups excluding carboxylic acids is 6. The summed E-state index contributed by atoms with van der Waals surface area (Å²) in [6.45, 7) is 1.83. The molecule has 0 unspecified atom stereocenters. The zero-order chi connectivity index (χ0) is 35.5. The number of rotatable bonds is 15. The molecule has 0 aliphatic carbocycles. The van der Waals surface area contributed by atoms with Crippen LogP contribution in [0.15, 0.2) is 30.3 Å². The van der Waals surface area contributed by atoms with Crippen LogP contribution < -0.4 is 43.0 Å². The average molecular weight is 674 g/mol. The highest BCUT2D eigenvalue weighted by Crippen LogP contribution is 2.09. The Morgan fingerprint density at radius 2 is 1.40 bits per heavy atom. The second kappa shape index (κ2) is 20.8. The maximum Gasteiger partial charge on any atom is 0.305 e. The molecule has 0 bridgehead atoms. The zero-order valence-electron chi connectivity index (χ0n) is 27.1. The lowest BCUT2D eigenvalue weighted by atomic mass is 10.0. The topological polar surface area (TPSA) is 274 Å². The lowest BCUT2D eigenvalue weighted by molar-refractivity contribution is -0.141. The Labute approximate surface area is 278 Å². The van der Waals surface area contributed by atoms with Crippen molar-refractivity contribution in [2.75, 3.05) is 19.6 Å². The number of aliphatic carboxylic acids is 1. The molecule has 11 N–H and O–H groups in total. The summed E-state index contributed by atoms with van der Waals surface area (Å²) in [5.41, 5.74) is 5.98. The van der Waals surface area contributed by atoms with Gasteiger partial charge < -0.3 is 48.1 Å². The predicted molar refractivity (Wildman–Crippen MR) is 174 cm³/mol. The number of benzene rings is 1. The lowest BCUT2D eigenvalue weighted by Crippen LogP contribution is -2.58. The minimum atomic E-state index is -1.57. The summed E-state index contributed by atoms with van der Waals surface area (Å²) in [6, 6.07) is 3.53. The zero-order valence-corrected chi connectivity index (χ0v) is 27.1.